The van der Waals surface area contributed by atoms with Gasteiger partial charge in [0.2, 0.25) is 0 Å². The molecule has 0 fully saturated rings. The van der Waals surface area contributed by atoms with Crippen molar-refractivity contribution in [3.8, 4) is 0 Å². The molecule has 0 atom stereocenters. The van der Waals surface area contributed by atoms with E-state index in [4.69, 9.17) is 0 Å². The van der Waals surface area contributed by atoms with Crippen LogP contribution in [0.2, 0.25) is 0 Å². The minimum Gasteiger partial charge on any atom is -0.432 e. The highest BCUT2D eigenvalue weighted by Crippen LogP contribution is 1.89. The predicted molar refractivity (Wildman–Crippen MR) is 35.7 cm³/mol. The molecule has 0 heterocycles. The number of allylic oxidation sites excluding steroid dienone is 1. The van der Waals surface area contributed by atoms with Crippen molar-refractivity contribution < 1.29 is 9.53 Å². The van der Waals surface area contributed by atoms with Crippen molar-refractivity contribution in [3.05, 3.63) is 24.5 Å². The van der Waals surface area contributed by atoms with E-state index in [0.29, 0.717) is 0 Å². The van der Waals surface area contributed by atoms with Gasteiger partial charge in [-0.25, -0.2) is 4.79 Å². The molecule has 0 unspecified atom stereocenters. The second kappa shape index (κ2) is 3.89. The Morgan fingerprint density at radius 2 is 2.11 bits per heavy atom. The predicted octanol–water partition coefficient (Wildman–Crippen LogP) is 1.64. The molecular weight excluding hydrogens is 116 g/mol. The molecule has 0 saturated carbocycles. The molecule has 0 radical (unpaired) electrons. The van der Waals surface area contributed by atoms with Gasteiger partial charge in [-0.05, 0) is 13.8 Å². The largest absolute Gasteiger partial charge is 0.432 e. The van der Waals surface area contributed by atoms with Crippen LogP contribution in [-0.4, -0.2) is 5.97 Å². The summed E-state index contributed by atoms with van der Waals surface area (Å²) in [6.45, 7) is 6.88. The van der Waals surface area contributed by atoms with E-state index >= 15 is 0 Å². The second-order valence-electron chi connectivity index (χ2n) is 1.83. The number of carbonyl (C=O) groups excluding carboxylic acids is 1. The van der Waals surface area contributed by atoms with E-state index in [0.717, 1.165) is 11.8 Å². The van der Waals surface area contributed by atoms with Gasteiger partial charge in [-0.15, -0.1) is 0 Å². The highest BCUT2D eigenvalue weighted by molar-refractivity contribution is 5.82. The van der Waals surface area contributed by atoms with Crippen molar-refractivity contribution in [1.29, 1.82) is 0 Å². The molecule has 9 heavy (non-hydrogen) atoms. The molecule has 0 aromatic carbocycles. The van der Waals surface area contributed by atoms with Gasteiger partial charge >= 0.3 is 5.97 Å². The molecule has 0 rings (SSSR count). The normalized spacial score (nSPS) is 7.78. The standard InChI is InChI=1S/C7H10O2/c1-4-9-7(8)5-6(2)3/h4-5H,1H2,2-3H3. The van der Waals surface area contributed by atoms with Gasteiger partial charge in [0.05, 0.1) is 6.26 Å². The van der Waals surface area contributed by atoms with E-state index in [2.05, 4.69) is 11.3 Å². The molecule has 0 amide bonds. The number of hydrogen-bond donors (Lipinski definition) is 0. The van der Waals surface area contributed by atoms with Crippen molar-refractivity contribution in [2.75, 3.05) is 0 Å². The summed E-state index contributed by atoms with van der Waals surface area (Å²) in [5.74, 6) is -0.370. The SMILES string of the molecule is C=COC(=O)C=C(C)C. The number of rotatable bonds is 2. The minimum absolute atomic E-state index is 0.370. The maximum Gasteiger partial charge on any atom is 0.335 e. The summed E-state index contributed by atoms with van der Waals surface area (Å²) in [4.78, 5) is 10.5. The molecule has 2 nitrogen and oxygen atoms in total. The molecule has 50 valence electrons. The van der Waals surface area contributed by atoms with E-state index in [9.17, 15) is 4.79 Å². The van der Waals surface area contributed by atoms with Crippen LogP contribution < -0.4 is 0 Å². The van der Waals surface area contributed by atoms with Crippen molar-refractivity contribution in [2.45, 2.75) is 13.8 Å². The summed E-state index contributed by atoms with van der Waals surface area (Å²) in [5, 5.41) is 0. The summed E-state index contributed by atoms with van der Waals surface area (Å²) in [6, 6.07) is 0. The third kappa shape index (κ3) is 4.81. The Balaban J connectivity index is 3.76. The first-order valence-electron chi connectivity index (χ1n) is 2.63. The first-order chi connectivity index (χ1) is 4.16. The molecule has 0 spiro atoms. The number of carbonyl (C=O) groups is 1. The Kier molecular flexibility index (Phi) is 3.44. The topological polar surface area (TPSA) is 26.3 Å². The van der Waals surface area contributed by atoms with Gasteiger partial charge in [-0.1, -0.05) is 12.2 Å². The summed E-state index contributed by atoms with van der Waals surface area (Å²) in [6.07, 6.45) is 2.52. The number of esters is 1. The van der Waals surface area contributed by atoms with Gasteiger partial charge in [0.15, 0.2) is 0 Å². The zero-order valence-corrected chi connectivity index (χ0v) is 5.68. The van der Waals surface area contributed by atoms with Crippen LogP contribution in [-0.2, 0) is 9.53 Å². The van der Waals surface area contributed by atoms with Crippen LogP contribution in [0.1, 0.15) is 13.8 Å². The first-order valence-corrected chi connectivity index (χ1v) is 2.63. The Morgan fingerprint density at radius 1 is 1.56 bits per heavy atom. The molecular formula is C7H10O2. The van der Waals surface area contributed by atoms with Crippen molar-refractivity contribution >= 4 is 5.97 Å². The van der Waals surface area contributed by atoms with E-state index in [1.807, 2.05) is 13.8 Å². The molecule has 0 aromatic rings. The van der Waals surface area contributed by atoms with Crippen LogP contribution in [0.15, 0.2) is 24.5 Å². The lowest BCUT2D eigenvalue weighted by Gasteiger charge is -1.90. The Labute approximate surface area is 54.8 Å². The average Bonchev–Trinajstić information content (AvgIpc) is 1.63. The van der Waals surface area contributed by atoms with Gasteiger partial charge in [0, 0.05) is 6.08 Å². The quantitative estimate of drug-likeness (QED) is 0.319. The smallest absolute Gasteiger partial charge is 0.335 e. The molecule has 0 saturated heterocycles. The average molecular weight is 126 g/mol. The lowest BCUT2D eigenvalue weighted by molar-refractivity contribution is -0.132. The molecule has 0 aliphatic carbocycles. The third-order valence-corrected chi connectivity index (χ3v) is 0.606. The molecule has 0 aliphatic heterocycles. The minimum atomic E-state index is -0.370. The zero-order valence-electron chi connectivity index (χ0n) is 5.68. The lowest BCUT2D eigenvalue weighted by Crippen LogP contribution is -1.93. The highest BCUT2D eigenvalue weighted by atomic mass is 16.5. The van der Waals surface area contributed by atoms with Crippen molar-refractivity contribution in [1.82, 2.24) is 0 Å². The van der Waals surface area contributed by atoms with Crippen LogP contribution >= 0.6 is 0 Å². The fourth-order valence-electron chi connectivity index (χ4n) is 0.352. The Hall–Kier alpha value is -1.05. The second-order valence-corrected chi connectivity index (χ2v) is 1.83. The maximum absolute atomic E-state index is 10.5. The summed E-state index contributed by atoms with van der Waals surface area (Å²) in [7, 11) is 0. The Morgan fingerprint density at radius 3 is 2.44 bits per heavy atom. The van der Waals surface area contributed by atoms with Crippen molar-refractivity contribution in [2.24, 2.45) is 0 Å². The van der Waals surface area contributed by atoms with E-state index in [1.54, 1.807) is 0 Å². The molecule has 0 aromatic heterocycles. The van der Waals surface area contributed by atoms with E-state index < -0.39 is 0 Å². The van der Waals surface area contributed by atoms with Gasteiger partial charge in [-0.3, -0.25) is 0 Å². The molecule has 0 aliphatic rings. The third-order valence-electron chi connectivity index (χ3n) is 0.606. The van der Waals surface area contributed by atoms with Crippen LogP contribution in [0.5, 0.6) is 0 Å². The summed E-state index contributed by atoms with van der Waals surface area (Å²) < 4.78 is 4.40. The van der Waals surface area contributed by atoms with Gasteiger partial charge in [-0.2, -0.15) is 0 Å². The van der Waals surface area contributed by atoms with Gasteiger partial charge in [0.25, 0.3) is 0 Å². The lowest BCUT2D eigenvalue weighted by atomic mass is 10.3. The van der Waals surface area contributed by atoms with E-state index in [-0.39, 0.29) is 5.97 Å². The molecule has 0 bridgehead atoms. The monoisotopic (exact) mass is 126 g/mol. The fourth-order valence-corrected chi connectivity index (χ4v) is 0.352. The molecule has 0 N–H and O–H groups in total. The Bertz CT molecular complexity index is 141. The molecule has 2 heteroatoms. The number of ether oxygens (including phenoxy) is 1. The van der Waals surface area contributed by atoms with Crippen molar-refractivity contribution in [3.63, 3.8) is 0 Å². The summed E-state index contributed by atoms with van der Waals surface area (Å²) in [5.41, 5.74) is 0.918. The first kappa shape index (κ1) is 7.95. The van der Waals surface area contributed by atoms with Crippen LogP contribution in [0.4, 0.5) is 0 Å². The maximum atomic E-state index is 10.5. The van der Waals surface area contributed by atoms with Crippen LogP contribution in [0.25, 0.3) is 0 Å². The van der Waals surface area contributed by atoms with E-state index in [1.165, 1.54) is 6.08 Å². The number of hydrogen-bond acceptors (Lipinski definition) is 2. The van der Waals surface area contributed by atoms with Gasteiger partial charge in [0.1, 0.15) is 0 Å². The fraction of sp³-hybridized carbons (Fsp3) is 0.286. The zero-order chi connectivity index (χ0) is 7.28. The summed E-state index contributed by atoms with van der Waals surface area (Å²) >= 11 is 0. The highest BCUT2D eigenvalue weighted by Gasteiger charge is 1.90. The van der Waals surface area contributed by atoms with Gasteiger partial charge < -0.3 is 4.74 Å². The van der Waals surface area contributed by atoms with Crippen LogP contribution in [0.3, 0.4) is 0 Å². The van der Waals surface area contributed by atoms with Crippen LogP contribution in [0, 0.1) is 0 Å².